The molecule has 0 radical (unpaired) electrons. The van der Waals surface area contributed by atoms with E-state index in [4.69, 9.17) is 14.2 Å². The molecule has 0 aliphatic heterocycles. The molecular formula is C24H26N2O4. The number of amides is 1. The first-order valence-electron chi connectivity index (χ1n) is 9.83. The highest BCUT2D eigenvalue weighted by Gasteiger charge is 2.06. The van der Waals surface area contributed by atoms with E-state index in [1.54, 1.807) is 19.2 Å². The molecule has 1 amide bonds. The van der Waals surface area contributed by atoms with Crippen molar-refractivity contribution in [3.8, 4) is 17.2 Å². The molecule has 30 heavy (non-hydrogen) atoms. The quantitative estimate of drug-likeness (QED) is 0.472. The smallest absolute Gasteiger partial charge is 0.255 e. The van der Waals surface area contributed by atoms with Gasteiger partial charge in [0.2, 0.25) is 0 Å². The maximum atomic E-state index is 12.4. The Kier molecular flexibility index (Phi) is 7.55. The summed E-state index contributed by atoms with van der Waals surface area (Å²) in [6.45, 7) is 3.71. The van der Waals surface area contributed by atoms with Gasteiger partial charge < -0.3 is 24.8 Å². The van der Waals surface area contributed by atoms with Crippen LogP contribution in [0.2, 0.25) is 0 Å². The Morgan fingerprint density at radius 1 is 0.767 bits per heavy atom. The largest absolute Gasteiger partial charge is 0.497 e. The summed E-state index contributed by atoms with van der Waals surface area (Å²) in [7, 11) is 1.63. The molecule has 0 atom stereocenters. The number of hydrogen-bond acceptors (Lipinski definition) is 5. The molecule has 0 aliphatic rings. The van der Waals surface area contributed by atoms with Crippen LogP contribution in [0.3, 0.4) is 0 Å². The van der Waals surface area contributed by atoms with Gasteiger partial charge in [0, 0.05) is 23.5 Å². The summed E-state index contributed by atoms with van der Waals surface area (Å²) in [5.74, 6) is 2.21. The summed E-state index contributed by atoms with van der Waals surface area (Å²) in [5, 5.41) is 6.16. The molecule has 2 N–H and O–H groups in total. The number of nitrogens with one attached hydrogen (secondary N) is 2. The molecule has 3 aromatic carbocycles. The van der Waals surface area contributed by atoms with E-state index in [1.165, 1.54) is 0 Å². The maximum absolute atomic E-state index is 12.4. The number of rotatable bonds is 10. The van der Waals surface area contributed by atoms with Crippen molar-refractivity contribution in [2.45, 2.75) is 6.92 Å². The molecule has 0 saturated carbocycles. The Morgan fingerprint density at radius 2 is 1.33 bits per heavy atom. The Morgan fingerprint density at radius 3 is 1.97 bits per heavy atom. The van der Waals surface area contributed by atoms with Gasteiger partial charge in [-0.05, 0) is 79.7 Å². The molecule has 3 rings (SSSR count). The van der Waals surface area contributed by atoms with E-state index in [0.29, 0.717) is 25.3 Å². The fourth-order valence-corrected chi connectivity index (χ4v) is 2.78. The second kappa shape index (κ2) is 10.8. The van der Waals surface area contributed by atoms with E-state index >= 15 is 0 Å². The third-order valence-corrected chi connectivity index (χ3v) is 4.33. The highest BCUT2D eigenvalue weighted by Crippen LogP contribution is 2.18. The predicted octanol–water partition coefficient (Wildman–Crippen LogP) is 4.84. The van der Waals surface area contributed by atoms with Crippen molar-refractivity contribution in [2.24, 2.45) is 0 Å². The van der Waals surface area contributed by atoms with Crippen LogP contribution in [0.15, 0.2) is 72.8 Å². The van der Waals surface area contributed by atoms with Gasteiger partial charge >= 0.3 is 0 Å². The summed E-state index contributed by atoms with van der Waals surface area (Å²) >= 11 is 0. The van der Waals surface area contributed by atoms with Crippen molar-refractivity contribution >= 4 is 17.3 Å². The van der Waals surface area contributed by atoms with Gasteiger partial charge in [0.15, 0.2) is 0 Å². The molecule has 0 aliphatic carbocycles. The van der Waals surface area contributed by atoms with E-state index in [9.17, 15) is 4.79 Å². The van der Waals surface area contributed by atoms with Gasteiger partial charge in [0.25, 0.3) is 5.91 Å². The van der Waals surface area contributed by atoms with Crippen molar-refractivity contribution in [1.29, 1.82) is 0 Å². The number of ether oxygens (including phenoxy) is 3. The third-order valence-electron chi connectivity index (χ3n) is 4.33. The normalized spacial score (nSPS) is 10.2. The molecule has 0 unspecified atom stereocenters. The van der Waals surface area contributed by atoms with Gasteiger partial charge in [0.1, 0.15) is 23.9 Å². The summed E-state index contributed by atoms with van der Waals surface area (Å²) in [6, 6.07) is 22.1. The first-order valence-corrected chi connectivity index (χ1v) is 9.83. The highest BCUT2D eigenvalue weighted by atomic mass is 16.5. The van der Waals surface area contributed by atoms with Crippen LogP contribution in [0, 0.1) is 0 Å². The number of carbonyl (C=O) groups excluding carboxylic acids is 1. The zero-order valence-electron chi connectivity index (χ0n) is 17.2. The summed E-state index contributed by atoms with van der Waals surface area (Å²) in [5.41, 5.74) is 2.23. The lowest BCUT2D eigenvalue weighted by Crippen LogP contribution is -2.13. The molecule has 0 bridgehead atoms. The van der Waals surface area contributed by atoms with Crippen LogP contribution in [0.5, 0.6) is 17.2 Å². The van der Waals surface area contributed by atoms with Crippen molar-refractivity contribution in [3.63, 3.8) is 0 Å². The first-order chi connectivity index (χ1) is 14.7. The molecule has 3 aromatic rings. The molecule has 0 heterocycles. The van der Waals surface area contributed by atoms with Gasteiger partial charge in [-0.15, -0.1) is 0 Å². The van der Waals surface area contributed by atoms with Crippen molar-refractivity contribution in [2.75, 3.05) is 37.5 Å². The van der Waals surface area contributed by atoms with Crippen LogP contribution in [0.1, 0.15) is 17.3 Å². The van der Waals surface area contributed by atoms with Gasteiger partial charge in [-0.25, -0.2) is 0 Å². The lowest BCUT2D eigenvalue weighted by molar-refractivity contribution is 0.102. The summed E-state index contributed by atoms with van der Waals surface area (Å²) in [4.78, 5) is 12.4. The number of anilines is 2. The third kappa shape index (κ3) is 6.17. The SMILES string of the molecule is CCOc1ccc(NC(=O)c2ccc(NCCOc3ccc(OC)cc3)cc2)cc1. The van der Waals surface area contributed by atoms with Gasteiger partial charge in [-0.2, -0.15) is 0 Å². The van der Waals surface area contributed by atoms with Crippen LogP contribution in [-0.2, 0) is 0 Å². The fraction of sp³-hybridized carbons (Fsp3) is 0.208. The zero-order valence-corrected chi connectivity index (χ0v) is 17.2. The topological polar surface area (TPSA) is 68.8 Å². The summed E-state index contributed by atoms with van der Waals surface area (Å²) in [6.07, 6.45) is 0. The minimum absolute atomic E-state index is 0.159. The average molecular weight is 406 g/mol. The molecule has 0 spiro atoms. The minimum atomic E-state index is -0.159. The molecule has 0 aromatic heterocycles. The van der Waals surface area contributed by atoms with Crippen LogP contribution in [0.25, 0.3) is 0 Å². The van der Waals surface area contributed by atoms with E-state index in [-0.39, 0.29) is 5.91 Å². The first kappa shape index (κ1) is 21.0. The Hall–Kier alpha value is -3.67. The van der Waals surface area contributed by atoms with Crippen molar-refractivity contribution in [1.82, 2.24) is 0 Å². The molecule has 0 saturated heterocycles. The van der Waals surface area contributed by atoms with Crippen molar-refractivity contribution < 1.29 is 19.0 Å². The molecule has 6 heteroatoms. The average Bonchev–Trinajstić information content (AvgIpc) is 2.79. The van der Waals surface area contributed by atoms with Crippen molar-refractivity contribution in [3.05, 3.63) is 78.4 Å². The minimum Gasteiger partial charge on any atom is -0.497 e. The van der Waals surface area contributed by atoms with E-state index in [2.05, 4.69) is 10.6 Å². The van der Waals surface area contributed by atoms with Crippen LogP contribution < -0.4 is 24.8 Å². The van der Waals surface area contributed by atoms with Crippen LogP contribution in [0.4, 0.5) is 11.4 Å². The number of carbonyl (C=O) groups is 1. The molecule has 156 valence electrons. The fourth-order valence-electron chi connectivity index (χ4n) is 2.78. The molecule has 0 fully saturated rings. The van der Waals surface area contributed by atoms with Crippen LogP contribution in [-0.4, -0.2) is 32.8 Å². The maximum Gasteiger partial charge on any atom is 0.255 e. The van der Waals surface area contributed by atoms with Gasteiger partial charge in [-0.3, -0.25) is 4.79 Å². The number of methoxy groups -OCH3 is 1. The van der Waals surface area contributed by atoms with Gasteiger partial charge in [-0.1, -0.05) is 0 Å². The van der Waals surface area contributed by atoms with Crippen LogP contribution >= 0.6 is 0 Å². The lowest BCUT2D eigenvalue weighted by atomic mass is 10.2. The van der Waals surface area contributed by atoms with E-state index in [0.717, 1.165) is 28.6 Å². The Labute approximate surface area is 176 Å². The highest BCUT2D eigenvalue weighted by molar-refractivity contribution is 6.04. The van der Waals surface area contributed by atoms with Gasteiger partial charge in [0.05, 0.1) is 13.7 Å². The second-order valence-corrected chi connectivity index (χ2v) is 6.44. The zero-order chi connectivity index (χ0) is 21.2. The second-order valence-electron chi connectivity index (χ2n) is 6.44. The standard InChI is InChI=1S/C24H26N2O4/c1-3-29-22-10-8-20(9-11-22)26-24(27)18-4-6-19(7-5-18)25-16-17-30-23-14-12-21(28-2)13-15-23/h4-15,25H,3,16-17H2,1-2H3,(H,26,27). The van der Waals surface area contributed by atoms with E-state index < -0.39 is 0 Å². The number of benzene rings is 3. The molecular weight excluding hydrogens is 380 g/mol. The monoisotopic (exact) mass is 406 g/mol. The Bertz CT molecular complexity index is 923. The van der Waals surface area contributed by atoms with E-state index in [1.807, 2.05) is 67.6 Å². The Balaban J connectivity index is 1.43. The molecule has 6 nitrogen and oxygen atoms in total. The lowest BCUT2D eigenvalue weighted by Gasteiger charge is -2.10. The summed E-state index contributed by atoms with van der Waals surface area (Å²) < 4.78 is 16.2. The number of hydrogen-bond donors (Lipinski definition) is 2. The predicted molar refractivity (Wildman–Crippen MR) is 119 cm³/mol.